The van der Waals surface area contributed by atoms with Crippen LogP contribution in [0.3, 0.4) is 0 Å². The summed E-state index contributed by atoms with van der Waals surface area (Å²) in [5.74, 6) is -1.44. The molecule has 0 aliphatic carbocycles. The quantitative estimate of drug-likeness (QED) is 0.386. The zero-order chi connectivity index (χ0) is 22.0. The topological polar surface area (TPSA) is 54.3 Å². The number of para-hydroxylation sites is 1. The predicted molar refractivity (Wildman–Crippen MR) is 121 cm³/mol. The van der Waals surface area contributed by atoms with Gasteiger partial charge in [-0.25, -0.2) is 9.18 Å². The van der Waals surface area contributed by atoms with E-state index in [0.717, 1.165) is 16.5 Å². The van der Waals surface area contributed by atoms with Gasteiger partial charge in [-0.3, -0.25) is 0 Å². The van der Waals surface area contributed by atoms with Crippen molar-refractivity contribution >= 4 is 28.5 Å². The van der Waals surface area contributed by atoms with Crippen molar-refractivity contribution in [2.24, 2.45) is 0 Å². The number of carboxylic acid groups (broad SMARTS) is 1. The molecule has 4 rings (SSSR count). The molecular weight excluding hydrogens is 415 g/mol. The molecule has 3 aromatic carbocycles. The first kappa shape index (κ1) is 21.1. The maximum atomic E-state index is 13.5. The van der Waals surface area contributed by atoms with E-state index in [4.69, 9.17) is 11.6 Å². The molecule has 158 valence electrons. The number of hydrogen-bond donors (Lipinski definition) is 2. The van der Waals surface area contributed by atoms with Gasteiger partial charge in [-0.1, -0.05) is 65.7 Å². The lowest BCUT2D eigenvalue weighted by Gasteiger charge is -2.11. The number of halogens is 2. The molecule has 4 aromatic rings. The lowest BCUT2D eigenvalue weighted by molar-refractivity contribution is 0.0684. The fourth-order valence-electron chi connectivity index (χ4n) is 3.82. The fourth-order valence-corrected chi connectivity index (χ4v) is 4.05. The summed E-state index contributed by atoms with van der Waals surface area (Å²) in [4.78, 5) is 12.3. The van der Waals surface area contributed by atoms with Crippen molar-refractivity contribution < 1.29 is 14.3 Å². The number of rotatable bonds is 7. The van der Waals surface area contributed by atoms with E-state index in [1.54, 1.807) is 10.6 Å². The van der Waals surface area contributed by atoms with Crippen molar-refractivity contribution in [3.63, 3.8) is 0 Å². The normalized spacial score (nSPS) is 11.2. The Kier molecular flexibility index (Phi) is 6.07. The number of carboxylic acids is 1. The van der Waals surface area contributed by atoms with Gasteiger partial charge in [0, 0.05) is 41.1 Å². The van der Waals surface area contributed by atoms with Crippen molar-refractivity contribution in [2.45, 2.75) is 26.6 Å². The number of nitrogens with zero attached hydrogens (tertiary/aromatic N) is 1. The zero-order valence-corrected chi connectivity index (χ0v) is 17.8. The number of nitrogens with one attached hydrogen (secondary N) is 1. The van der Waals surface area contributed by atoms with Crippen LogP contribution < -0.4 is 5.32 Å². The van der Waals surface area contributed by atoms with E-state index in [9.17, 15) is 14.3 Å². The molecule has 0 amide bonds. The second-order valence-corrected chi connectivity index (χ2v) is 7.97. The maximum Gasteiger partial charge on any atom is 0.352 e. The highest BCUT2D eigenvalue weighted by molar-refractivity contribution is 6.31. The molecule has 2 N–H and O–H groups in total. The Hall–Kier alpha value is -3.15. The summed E-state index contributed by atoms with van der Waals surface area (Å²) < 4.78 is 15.2. The fraction of sp³-hybridized carbons (Fsp3) is 0.160. The molecule has 1 heterocycles. The molecule has 6 heteroatoms. The second-order valence-electron chi connectivity index (χ2n) is 7.56. The highest BCUT2D eigenvalue weighted by Crippen LogP contribution is 2.29. The molecule has 4 nitrogen and oxygen atoms in total. The van der Waals surface area contributed by atoms with E-state index in [2.05, 4.69) is 29.6 Å². The number of carbonyl (C=O) groups is 1. The minimum atomic E-state index is -1.01. The van der Waals surface area contributed by atoms with Gasteiger partial charge in [-0.2, -0.15) is 0 Å². The van der Waals surface area contributed by atoms with Crippen LogP contribution in [0.25, 0.3) is 10.9 Å². The SMILES string of the molecule is Cc1ccc(CNCc2c(C(=O)O)n(Cc3ccc(F)cc3Cl)c3ccccc23)cc1. The van der Waals surface area contributed by atoms with Crippen LogP contribution in [0.5, 0.6) is 0 Å². The number of aryl methyl sites for hydroxylation is 1. The Morgan fingerprint density at radius 1 is 1.06 bits per heavy atom. The summed E-state index contributed by atoms with van der Waals surface area (Å²) in [6.45, 7) is 3.31. The smallest absolute Gasteiger partial charge is 0.352 e. The van der Waals surface area contributed by atoms with Crippen LogP contribution in [0.1, 0.15) is 32.7 Å². The number of hydrogen-bond acceptors (Lipinski definition) is 2. The molecule has 0 fully saturated rings. The van der Waals surface area contributed by atoms with Crippen LogP contribution in [0.4, 0.5) is 4.39 Å². The summed E-state index contributed by atoms with van der Waals surface area (Å²) in [6.07, 6.45) is 0. The summed E-state index contributed by atoms with van der Waals surface area (Å²) in [5.41, 5.74) is 4.70. The average molecular weight is 437 g/mol. The van der Waals surface area contributed by atoms with Gasteiger partial charge in [0.25, 0.3) is 0 Å². The van der Waals surface area contributed by atoms with Crippen LogP contribution in [0, 0.1) is 12.7 Å². The van der Waals surface area contributed by atoms with Crippen molar-refractivity contribution in [3.05, 3.63) is 106 Å². The first-order valence-corrected chi connectivity index (χ1v) is 10.4. The monoisotopic (exact) mass is 436 g/mol. The summed E-state index contributed by atoms with van der Waals surface area (Å²) in [6, 6.07) is 20.0. The molecule has 0 spiro atoms. The third-order valence-corrected chi connectivity index (χ3v) is 5.73. The first-order chi connectivity index (χ1) is 14.9. The van der Waals surface area contributed by atoms with Gasteiger partial charge >= 0.3 is 5.97 Å². The molecule has 0 aliphatic heterocycles. The molecule has 0 saturated heterocycles. The molecule has 1 aromatic heterocycles. The van der Waals surface area contributed by atoms with Crippen molar-refractivity contribution in [3.8, 4) is 0 Å². The van der Waals surface area contributed by atoms with Gasteiger partial charge in [0.05, 0.1) is 0 Å². The Bertz CT molecular complexity index is 1250. The second kappa shape index (κ2) is 8.92. The summed E-state index contributed by atoms with van der Waals surface area (Å²) in [5, 5.41) is 14.6. The third-order valence-electron chi connectivity index (χ3n) is 5.37. The molecular formula is C25H22ClFN2O2. The third kappa shape index (κ3) is 4.48. The number of aromatic nitrogens is 1. The largest absolute Gasteiger partial charge is 0.477 e. The lowest BCUT2D eigenvalue weighted by Crippen LogP contribution is -2.17. The first-order valence-electron chi connectivity index (χ1n) is 9.97. The van der Waals surface area contributed by atoms with Crippen LogP contribution >= 0.6 is 11.6 Å². The molecule has 0 atom stereocenters. The van der Waals surface area contributed by atoms with Crippen molar-refractivity contribution in [2.75, 3.05) is 0 Å². The van der Waals surface area contributed by atoms with E-state index >= 15 is 0 Å². The molecule has 0 saturated carbocycles. The van der Waals surface area contributed by atoms with Crippen LogP contribution in [-0.2, 0) is 19.6 Å². The summed E-state index contributed by atoms with van der Waals surface area (Å²) in [7, 11) is 0. The van der Waals surface area contributed by atoms with Gasteiger partial charge in [0.1, 0.15) is 11.5 Å². The zero-order valence-electron chi connectivity index (χ0n) is 17.0. The van der Waals surface area contributed by atoms with Gasteiger partial charge in [-0.15, -0.1) is 0 Å². The van der Waals surface area contributed by atoms with E-state index in [-0.39, 0.29) is 17.3 Å². The predicted octanol–water partition coefficient (Wildman–Crippen LogP) is 5.78. The average Bonchev–Trinajstić information content (AvgIpc) is 3.05. The van der Waals surface area contributed by atoms with Crippen LogP contribution in [0.2, 0.25) is 5.02 Å². The van der Waals surface area contributed by atoms with E-state index in [0.29, 0.717) is 24.2 Å². The van der Waals surface area contributed by atoms with Gasteiger partial charge < -0.3 is 15.0 Å². The molecule has 0 unspecified atom stereocenters. The molecule has 0 bridgehead atoms. The highest BCUT2D eigenvalue weighted by atomic mass is 35.5. The Morgan fingerprint density at radius 2 is 1.81 bits per heavy atom. The van der Waals surface area contributed by atoms with Crippen LogP contribution in [-0.4, -0.2) is 15.6 Å². The van der Waals surface area contributed by atoms with E-state index in [1.165, 1.54) is 17.7 Å². The van der Waals surface area contributed by atoms with Gasteiger partial charge in [-0.05, 0) is 36.2 Å². The Balaban J connectivity index is 1.70. The number of benzene rings is 3. The number of fused-ring (bicyclic) bond motifs is 1. The minimum Gasteiger partial charge on any atom is -0.477 e. The van der Waals surface area contributed by atoms with E-state index < -0.39 is 11.8 Å². The van der Waals surface area contributed by atoms with E-state index in [1.807, 2.05) is 31.2 Å². The standard InChI is InChI=1S/C25H22ClFN2O2/c1-16-6-8-17(9-7-16)13-28-14-21-20-4-2-3-5-23(20)29(24(21)25(30)31)15-18-10-11-19(27)12-22(18)26/h2-12,28H,13-15H2,1H3,(H,30,31). The lowest BCUT2D eigenvalue weighted by atomic mass is 10.1. The van der Waals surface area contributed by atoms with Crippen molar-refractivity contribution in [1.29, 1.82) is 0 Å². The number of aromatic carboxylic acids is 1. The maximum absolute atomic E-state index is 13.5. The van der Waals surface area contributed by atoms with Crippen molar-refractivity contribution in [1.82, 2.24) is 9.88 Å². The minimum absolute atomic E-state index is 0.206. The van der Waals surface area contributed by atoms with Crippen LogP contribution in [0.15, 0.2) is 66.7 Å². The molecule has 31 heavy (non-hydrogen) atoms. The van der Waals surface area contributed by atoms with Gasteiger partial charge in [0.15, 0.2) is 0 Å². The molecule has 0 radical (unpaired) electrons. The highest BCUT2D eigenvalue weighted by Gasteiger charge is 2.22. The molecule has 0 aliphatic rings. The van der Waals surface area contributed by atoms with Gasteiger partial charge in [0.2, 0.25) is 0 Å². The Morgan fingerprint density at radius 3 is 2.52 bits per heavy atom. The summed E-state index contributed by atoms with van der Waals surface area (Å²) >= 11 is 6.22. The Labute approximate surface area is 184 Å².